The molecule has 0 saturated heterocycles. The molecule has 0 spiro atoms. The van der Waals surface area contributed by atoms with Crippen molar-refractivity contribution in [2.24, 2.45) is 0 Å². The molecule has 4 aromatic rings. The van der Waals surface area contributed by atoms with Crippen molar-refractivity contribution in [2.75, 3.05) is 0 Å². The Balaban J connectivity index is 1.68. The van der Waals surface area contributed by atoms with Crippen molar-refractivity contribution in [3.63, 3.8) is 0 Å². The first-order valence-electron chi connectivity index (χ1n) is 11.7. The fraction of sp³-hybridized carbons (Fsp3) is 0.207. The predicted octanol–water partition coefficient (Wildman–Crippen LogP) is 6.11. The summed E-state index contributed by atoms with van der Waals surface area (Å²) in [6, 6.07) is 19.4. The summed E-state index contributed by atoms with van der Waals surface area (Å²) < 4.78 is 3.05. The lowest BCUT2D eigenvalue weighted by molar-refractivity contribution is 0.592. The number of rotatable bonds is 8. The number of thiophene rings is 1. The molecule has 0 bridgehead atoms. The van der Waals surface area contributed by atoms with Crippen molar-refractivity contribution in [1.82, 2.24) is 9.13 Å². The molecule has 0 aliphatic carbocycles. The van der Waals surface area contributed by atoms with Gasteiger partial charge in [0.05, 0.1) is 23.6 Å². The monoisotopic (exact) mass is 481 g/mol. The molecule has 2 aromatic carbocycles. The second kappa shape index (κ2) is 11.0. The van der Waals surface area contributed by atoms with Gasteiger partial charge in [0, 0.05) is 6.54 Å². The van der Waals surface area contributed by atoms with Crippen molar-refractivity contribution in [2.45, 2.75) is 39.8 Å². The zero-order valence-corrected chi connectivity index (χ0v) is 20.7. The number of nitrogens with zero attached hydrogens (tertiary/aromatic N) is 3. The maximum Gasteiger partial charge on any atom is 0.332 e. The van der Waals surface area contributed by atoms with Gasteiger partial charge in [-0.05, 0) is 54.0 Å². The Hall–Kier alpha value is -3.95. The van der Waals surface area contributed by atoms with Crippen LogP contribution < -0.4 is 11.2 Å². The zero-order valence-electron chi connectivity index (χ0n) is 19.9. The van der Waals surface area contributed by atoms with Crippen LogP contribution in [0.4, 0.5) is 0 Å². The van der Waals surface area contributed by atoms with Crippen LogP contribution in [0.25, 0.3) is 21.3 Å². The van der Waals surface area contributed by atoms with Crippen molar-refractivity contribution >= 4 is 21.6 Å². The van der Waals surface area contributed by atoms with Crippen LogP contribution in [0, 0.1) is 11.3 Å². The van der Waals surface area contributed by atoms with Crippen LogP contribution in [-0.4, -0.2) is 9.13 Å². The number of nitriles is 1. The molecular formula is C29H27N3O2S. The van der Waals surface area contributed by atoms with Crippen molar-refractivity contribution in [3.05, 3.63) is 116 Å². The highest BCUT2D eigenvalue weighted by molar-refractivity contribution is 7.16. The van der Waals surface area contributed by atoms with E-state index in [0.29, 0.717) is 35.3 Å². The van der Waals surface area contributed by atoms with E-state index in [0.717, 1.165) is 28.7 Å². The molecule has 4 rings (SSSR count). The first-order chi connectivity index (χ1) is 17.1. The van der Waals surface area contributed by atoms with E-state index >= 15 is 0 Å². The predicted molar refractivity (Wildman–Crippen MR) is 144 cm³/mol. The lowest BCUT2D eigenvalue weighted by Gasteiger charge is -2.13. The lowest BCUT2D eigenvalue weighted by Crippen LogP contribution is -2.39. The molecule has 35 heavy (non-hydrogen) atoms. The minimum Gasteiger partial charge on any atom is -0.280 e. The van der Waals surface area contributed by atoms with E-state index < -0.39 is 0 Å². The van der Waals surface area contributed by atoms with E-state index in [1.54, 1.807) is 16.7 Å². The van der Waals surface area contributed by atoms with Crippen LogP contribution in [-0.2, 0) is 13.1 Å². The summed E-state index contributed by atoms with van der Waals surface area (Å²) >= 11 is 1.41. The second-order valence-electron chi connectivity index (χ2n) is 8.24. The van der Waals surface area contributed by atoms with E-state index in [4.69, 9.17) is 0 Å². The normalized spacial score (nSPS) is 11.9. The molecule has 0 atom stereocenters. The van der Waals surface area contributed by atoms with Gasteiger partial charge in [-0.1, -0.05) is 73.2 Å². The van der Waals surface area contributed by atoms with Gasteiger partial charge in [-0.3, -0.25) is 13.9 Å². The molecule has 2 aromatic heterocycles. The number of hydrogen-bond acceptors (Lipinski definition) is 4. The van der Waals surface area contributed by atoms with Crippen LogP contribution in [0.15, 0.2) is 93.4 Å². The summed E-state index contributed by atoms with van der Waals surface area (Å²) in [6.45, 7) is 4.74. The van der Waals surface area contributed by atoms with E-state index in [2.05, 4.69) is 25.1 Å². The molecule has 6 heteroatoms. The molecule has 0 N–H and O–H groups in total. The highest BCUT2D eigenvalue weighted by Gasteiger charge is 2.15. The van der Waals surface area contributed by atoms with E-state index in [-0.39, 0.29) is 11.2 Å². The molecule has 2 heterocycles. The fourth-order valence-corrected chi connectivity index (χ4v) is 5.00. The highest BCUT2D eigenvalue weighted by atomic mass is 32.1. The summed E-state index contributed by atoms with van der Waals surface area (Å²) in [7, 11) is 0. The minimum absolute atomic E-state index is 0.235. The summed E-state index contributed by atoms with van der Waals surface area (Å²) in [5.41, 5.74) is 3.97. The minimum atomic E-state index is -0.293. The number of allylic oxidation sites excluding steroid dienone is 4. The van der Waals surface area contributed by atoms with Crippen molar-refractivity contribution in [3.8, 4) is 17.2 Å². The molecule has 5 nitrogen and oxygen atoms in total. The number of hydrogen-bond donors (Lipinski definition) is 0. The number of aromatic nitrogens is 2. The number of fused-ring (bicyclic) bond motifs is 1. The van der Waals surface area contributed by atoms with Gasteiger partial charge in [-0.15, -0.1) is 11.3 Å². The van der Waals surface area contributed by atoms with Crippen molar-refractivity contribution in [1.29, 1.82) is 5.26 Å². The Labute approximate surface area is 208 Å². The van der Waals surface area contributed by atoms with Crippen LogP contribution in [0.2, 0.25) is 0 Å². The van der Waals surface area contributed by atoms with Crippen LogP contribution >= 0.6 is 11.3 Å². The van der Waals surface area contributed by atoms with Crippen LogP contribution in [0.3, 0.4) is 0 Å². The summed E-state index contributed by atoms with van der Waals surface area (Å²) in [6.07, 6.45) is 7.71. The van der Waals surface area contributed by atoms with Gasteiger partial charge in [0.25, 0.3) is 5.56 Å². The fourth-order valence-electron chi connectivity index (χ4n) is 4.11. The average molecular weight is 482 g/mol. The van der Waals surface area contributed by atoms with Gasteiger partial charge in [0.1, 0.15) is 4.83 Å². The molecular weight excluding hydrogens is 454 g/mol. The zero-order chi connectivity index (χ0) is 24.8. The van der Waals surface area contributed by atoms with Gasteiger partial charge >= 0.3 is 5.69 Å². The molecule has 0 amide bonds. The van der Waals surface area contributed by atoms with Crippen LogP contribution in [0.5, 0.6) is 0 Å². The molecule has 0 saturated carbocycles. The molecule has 0 fully saturated rings. The maximum atomic E-state index is 13.5. The summed E-state index contributed by atoms with van der Waals surface area (Å²) in [5.74, 6) is 0. The topological polar surface area (TPSA) is 67.8 Å². The van der Waals surface area contributed by atoms with E-state index in [1.807, 2.05) is 60.8 Å². The SMILES string of the molecule is C/C=C(\C=C/CC)CCn1c(=O)c2ccsc2n(Cc2ccc(-c3ccccc3C#N)cc2)c1=O. The highest BCUT2D eigenvalue weighted by Crippen LogP contribution is 2.24. The molecule has 0 aliphatic rings. The first-order valence-corrected chi connectivity index (χ1v) is 12.6. The summed E-state index contributed by atoms with van der Waals surface area (Å²) in [4.78, 5) is 27.2. The first kappa shape index (κ1) is 24.2. The molecule has 0 aliphatic heterocycles. The smallest absolute Gasteiger partial charge is 0.280 e. The van der Waals surface area contributed by atoms with Gasteiger partial charge in [-0.25, -0.2) is 4.79 Å². The molecule has 0 unspecified atom stereocenters. The van der Waals surface area contributed by atoms with Crippen LogP contribution in [0.1, 0.15) is 37.8 Å². The third-order valence-corrected chi connectivity index (χ3v) is 6.98. The Kier molecular flexibility index (Phi) is 7.59. The lowest BCUT2D eigenvalue weighted by atomic mass is 9.99. The quantitative estimate of drug-likeness (QED) is 0.285. The van der Waals surface area contributed by atoms with Gasteiger partial charge in [0.15, 0.2) is 0 Å². The standard InChI is InChI=1S/C29H27N3O2S/c1-3-5-8-21(4-2)15-17-31-27(33)26-16-18-35-28(26)32(29(31)34)20-22-11-13-23(14-12-22)25-10-7-6-9-24(25)19-30/h4-14,16,18H,3,15,17,20H2,1-2H3/b8-5-,21-4+. The van der Waals surface area contributed by atoms with Crippen molar-refractivity contribution < 1.29 is 0 Å². The third-order valence-electron chi connectivity index (χ3n) is 6.04. The van der Waals surface area contributed by atoms with Gasteiger partial charge in [-0.2, -0.15) is 5.26 Å². The van der Waals surface area contributed by atoms with E-state index in [1.165, 1.54) is 15.9 Å². The van der Waals surface area contributed by atoms with Gasteiger partial charge in [0.2, 0.25) is 0 Å². The average Bonchev–Trinajstić information content (AvgIpc) is 3.39. The largest absolute Gasteiger partial charge is 0.332 e. The van der Waals surface area contributed by atoms with E-state index in [9.17, 15) is 14.9 Å². The Morgan fingerprint density at radius 2 is 1.83 bits per heavy atom. The molecule has 176 valence electrons. The molecule has 0 radical (unpaired) electrons. The second-order valence-corrected chi connectivity index (χ2v) is 9.14. The Bertz CT molecular complexity index is 1560. The third kappa shape index (κ3) is 5.11. The Morgan fingerprint density at radius 1 is 1.06 bits per heavy atom. The Morgan fingerprint density at radius 3 is 2.54 bits per heavy atom. The number of benzene rings is 2. The van der Waals surface area contributed by atoms with Gasteiger partial charge < -0.3 is 0 Å². The summed E-state index contributed by atoms with van der Waals surface area (Å²) in [5, 5.41) is 11.8. The maximum absolute atomic E-state index is 13.5.